The number of nitrogens with one attached hydrogen (secondary N) is 1. The van der Waals surface area contributed by atoms with Crippen LogP contribution in [0.1, 0.15) is 25.3 Å². The number of ether oxygens (including phenoxy) is 2. The van der Waals surface area contributed by atoms with Gasteiger partial charge in [0.15, 0.2) is 0 Å². The largest absolute Gasteiger partial charge is 0.435 e. The Labute approximate surface area is 124 Å². The molecule has 1 atom stereocenters. The van der Waals surface area contributed by atoms with E-state index in [1.165, 1.54) is 0 Å². The van der Waals surface area contributed by atoms with Crippen molar-refractivity contribution >= 4 is 0 Å². The third-order valence-corrected chi connectivity index (χ3v) is 4.00. The molecule has 118 valence electrons. The summed E-state index contributed by atoms with van der Waals surface area (Å²) < 4.78 is 33.8. The van der Waals surface area contributed by atoms with Crippen molar-refractivity contribution in [3.8, 4) is 5.75 Å². The molecule has 1 N–H and O–H groups in total. The van der Waals surface area contributed by atoms with Gasteiger partial charge in [-0.3, -0.25) is 0 Å². The topological polar surface area (TPSA) is 30.5 Å². The van der Waals surface area contributed by atoms with Crippen LogP contribution in [0.25, 0.3) is 0 Å². The Morgan fingerprint density at radius 1 is 1.24 bits per heavy atom. The van der Waals surface area contributed by atoms with Crippen LogP contribution < -0.4 is 10.1 Å². The fourth-order valence-electron chi connectivity index (χ4n) is 2.66. The van der Waals surface area contributed by atoms with Gasteiger partial charge >= 0.3 is 6.61 Å². The van der Waals surface area contributed by atoms with Crippen molar-refractivity contribution in [1.82, 2.24) is 5.32 Å². The second-order valence-electron chi connectivity index (χ2n) is 5.47. The first-order valence-corrected chi connectivity index (χ1v) is 7.50. The van der Waals surface area contributed by atoms with Gasteiger partial charge in [-0.15, -0.1) is 0 Å². The molecule has 1 aromatic carbocycles. The first kappa shape index (κ1) is 16.2. The van der Waals surface area contributed by atoms with Crippen LogP contribution in [-0.2, 0) is 11.2 Å². The molecule has 1 heterocycles. The molecular formula is C16H23F2NO2. The number of alkyl halides is 2. The molecule has 1 aromatic rings. The van der Waals surface area contributed by atoms with E-state index in [0.29, 0.717) is 12.0 Å². The third kappa shape index (κ3) is 5.59. The van der Waals surface area contributed by atoms with Crippen LogP contribution in [0.3, 0.4) is 0 Å². The number of rotatable bonds is 7. The summed E-state index contributed by atoms with van der Waals surface area (Å²) >= 11 is 0. The minimum Gasteiger partial charge on any atom is -0.435 e. The van der Waals surface area contributed by atoms with Gasteiger partial charge in [0.1, 0.15) is 5.75 Å². The summed E-state index contributed by atoms with van der Waals surface area (Å²) in [7, 11) is 0. The lowest BCUT2D eigenvalue weighted by atomic mass is 9.93. The molecule has 0 saturated carbocycles. The minimum absolute atomic E-state index is 0.206. The van der Waals surface area contributed by atoms with E-state index in [0.717, 1.165) is 44.6 Å². The van der Waals surface area contributed by atoms with Gasteiger partial charge in [-0.25, -0.2) is 0 Å². The highest BCUT2D eigenvalue weighted by atomic mass is 19.3. The Balaban J connectivity index is 1.70. The maximum atomic E-state index is 12.0. The average Bonchev–Trinajstić information content (AvgIpc) is 2.49. The smallest absolute Gasteiger partial charge is 0.387 e. The molecule has 0 aliphatic carbocycles. The molecule has 0 unspecified atom stereocenters. The zero-order valence-corrected chi connectivity index (χ0v) is 12.4. The van der Waals surface area contributed by atoms with Crippen LogP contribution in [0.5, 0.6) is 5.75 Å². The Bertz CT molecular complexity index is 405. The fourth-order valence-corrected chi connectivity index (χ4v) is 2.66. The fraction of sp³-hybridized carbons (Fsp3) is 0.625. The lowest BCUT2D eigenvalue weighted by Gasteiger charge is -2.28. The van der Waals surface area contributed by atoms with E-state index >= 15 is 0 Å². The summed E-state index contributed by atoms with van der Waals surface area (Å²) in [5, 5.41) is 3.54. The van der Waals surface area contributed by atoms with Gasteiger partial charge in [0.05, 0.1) is 0 Å². The SMILES string of the molecule is C[C@H](NCCc1ccc(OC(F)F)cc1)C1CCOCC1. The van der Waals surface area contributed by atoms with Gasteiger partial charge in [0.25, 0.3) is 0 Å². The molecule has 1 fully saturated rings. The van der Waals surface area contributed by atoms with Crippen molar-refractivity contribution in [3.63, 3.8) is 0 Å². The predicted molar refractivity (Wildman–Crippen MR) is 77.8 cm³/mol. The summed E-state index contributed by atoms with van der Waals surface area (Å²) in [5.74, 6) is 0.887. The number of benzene rings is 1. The Kier molecular flexibility index (Phi) is 6.39. The summed E-state index contributed by atoms with van der Waals surface area (Å²) in [6, 6.07) is 7.32. The van der Waals surface area contributed by atoms with Crippen LogP contribution in [0.2, 0.25) is 0 Å². The quantitative estimate of drug-likeness (QED) is 0.838. The molecule has 5 heteroatoms. The van der Waals surface area contributed by atoms with Crippen LogP contribution in [0.15, 0.2) is 24.3 Å². The summed E-state index contributed by atoms with van der Waals surface area (Å²) in [6.07, 6.45) is 3.12. The average molecular weight is 299 g/mol. The second-order valence-corrected chi connectivity index (χ2v) is 5.47. The molecule has 2 rings (SSSR count). The second kappa shape index (κ2) is 8.29. The number of hydrogen-bond donors (Lipinski definition) is 1. The molecule has 1 aliphatic rings. The number of hydrogen-bond acceptors (Lipinski definition) is 3. The van der Waals surface area contributed by atoms with Crippen molar-refractivity contribution in [2.24, 2.45) is 5.92 Å². The van der Waals surface area contributed by atoms with Crippen molar-refractivity contribution < 1.29 is 18.3 Å². The van der Waals surface area contributed by atoms with E-state index in [-0.39, 0.29) is 5.75 Å². The molecule has 0 radical (unpaired) electrons. The zero-order valence-electron chi connectivity index (χ0n) is 12.4. The van der Waals surface area contributed by atoms with Gasteiger partial charge in [0, 0.05) is 19.3 Å². The van der Waals surface area contributed by atoms with Crippen molar-refractivity contribution in [3.05, 3.63) is 29.8 Å². The lowest BCUT2D eigenvalue weighted by molar-refractivity contribution is -0.0498. The highest BCUT2D eigenvalue weighted by Gasteiger charge is 2.19. The normalized spacial score (nSPS) is 17.9. The zero-order chi connectivity index (χ0) is 15.1. The van der Waals surface area contributed by atoms with E-state index in [9.17, 15) is 8.78 Å². The minimum atomic E-state index is -2.77. The molecule has 0 amide bonds. The first-order chi connectivity index (χ1) is 10.1. The van der Waals surface area contributed by atoms with Crippen molar-refractivity contribution in [1.29, 1.82) is 0 Å². The summed E-state index contributed by atoms with van der Waals surface area (Å²) in [6.45, 7) is 2.06. The maximum absolute atomic E-state index is 12.0. The predicted octanol–water partition coefficient (Wildman–Crippen LogP) is 3.24. The van der Waals surface area contributed by atoms with E-state index in [4.69, 9.17) is 4.74 Å². The van der Waals surface area contributed by atoms with Gasteiger partial charge in [-0.1, -0.05) is 12.1 Å². The molecule has 3 nitrogen and oxygen atoms in total. The van der Waals surface area contributed by atoms with Gasteiger partial charge in [-0.05, 0) is 56.3 Å². The highest BCUT2D eigenvalue weighted by Crippen LogP contribution is 2.19. The van der Waals surface area contributed by atoms with Gasteiger partial charge in [-0.2, -0.15) is 8.78 Å². The molecule has 0 aromatic heterocycles. The van der Waals surface area contributed by atoms with E-state index in [2.05, 4.69) is 17.0 Å². The van der Waals surface area contributed by atoms with Gasteiger partial charge in [0.2, 0.25) is 0 Å². The first-order valence-electron chi connectivity index (χ1n) is 7.50. The lowest BCUT2D eigenvalue weighted by Crippen LogP contribution is -2.37. The monoisotopic (exact) mass is 299 g/mol. The summed E-state index contributed by atoms with van der Waals surface area (Å²) in [4.78, 5) is 0. The molecule has 21 heavy (non-hydrogen) atoms. The molecule has 0 bridgehead atoms. The van der Waals surface area contributed by atoms with Crippen LogP contribution in [0.4, 0.5) is 8.78 Å². The molecular weight excluding hydrogens is 276 g/mol. The molecule has 1 saturated heterocycles. The number of halogens is 2. The Morgan fingerprint density at radius 2 is 1.90 bits per heavy atom. The van der Waals surface area contributed by atoms with Crippen LogP contribution >= 0.6 is 0 Å². The maximum Gasteiger partial charge on any atom is 0.387 e. The van der Waals surface area contributed by atoms with E-state index in [1.807, 2.05) is 12.1 Å². The molecule has 0 spiro atoms. The Morgan fingerprint density at radius 3 is 2.52 bits per heavy atom. The Hall–Kier alpha value is -1.20. The highest BCUT2D eigenvalue weighted by molar-refractivity contribution is 5.27. The standard InChI is InChI=1S/C16H23F2NO2/c1-12(14-7-10-20-11-8-14)19-9-6-13-2-4-15(5-3-13)21-16(17)18/h2-5,12,14,16,19H,6-11H2,1H3/t12-/m0/s1. The van der Waals surface area contributed by atoms with Crippen molar-refractivity contribution in [2.75, 3.05) is 19.8 Å². The van der Waals surface area contributed by atoms with Gasteiger partial charge < -0.3 is 14.8 Å². The van der Waals surface area contributed by atoms with E-state index in [1.54, 1.807) is 12.1 Å². The third-order valence-electron chi connectivity index (χ3n) is 4.00. The van der Waals surface area contributed by atoms with Crippen molar-refractivity contribution in [2.45, 2.75) is 38.8 Å². The summed E-state index contributed by atoms with van der Waals surface area (Å²) in [5.41, 5.74) is 1.11. The molecule has 1 aliphatic heterocycles. The van der Waals surface area contributed by atoms with Crippen LogP contribution in [0, 0.1) is 5.92 Å². The van der Waals surface area contributed by atoms with Crippen LogP contribution in [-0.4, -0.2) is 32.4 Å². The van der Waals surface area contributed by atoms with E-state index < -0.39 is 6.61 Å².